The Balaban J connectivity index is 1.97. The van der Waals surface area contributed by atoms with Crippen LogP contribution in [0, 0.1) is 13.8 Å². The highest BCUT2D eigenvalue weighted by molar-refractivity contribution is 5.82. The van der Waals surface area contributed by atoms with Gasteiger partial charge >= 0.3 is 0 Å². The largest absolute Gasteiger partial charge is 0.405 e. The molecular formula is C20H22N4O2. The summed E-state index contributed by atoms with van der Waals surface area (Å²) in [5.41, 5.74) is 6.47. The van der Waals surface area contributed by atoms with Crippen LogP contribution in [0.25, 0.3) is 10.9 Å². The average Bonchev–Trinajstić information content (AvgIpc) is 2.60. The first-order chi connectivity index (χ1) is 12.5. The highest BCUT2D eigenvalue weighted by Crippen LogP contribution is 2.12. The number of anilines is 1. The normalized spacial score (nSPS) is 11.4. The summed E-state index contributed by atoms with van der Waals surface area (Å²) in [5, 5.41) is 4.74. The maximum atomic E-state index is 12.7. The summed E-state index contributed by atoms with van der Waals surface area (Å²) in [5.74, 6) is 0.239. The SMILES string of the molecule is Cc1ccc(C=NNc2nc3ccccc3c(=O)n2OC(C)C)c(C)c1. The fourth-order valence-corrected chi connectivity index (χ4v) is 2.63. The van der Waals surface area contributed by atoms with E-state index in [4.69, 9.17) is 4.84 Å². The maximum Gasteiger partial charge on any atom is 0.295 e. The van der Waals surface area contributed by atoms with Gasteiger partial charge in [0.15, 0.2) is 0 Å². The van der Waals surface area contributed by atoms with Crippen molar-refractivity contribution in [2.75, 3.05) is 5.43 Å². The fraction of sp³-hybridized carbons (Fsp3) is 0.250. The highest BCUT2D eigenvalue weighted by Gasteiger charge is 2.12. The van der Waals surface area contributed by atoms with E-state index in [9.17, 15) is 4.79 Å². The molecule has 3 aromatic rings. The van der Waals surface area contributed by atoms with Crippen molar-refractivity contribution in [3.8, 4) is 0 Å². The van der Waals surface area contributed by atoms with Gasteiger partial charge in [0, 0.05) is 0 Å². The molecule has 6 heteroatoms. The van der Waals surface area contributed by atoms with Crippen LogP contribution in [0.15, 0.2) is 52.4 Å². The lowest BCUT2D eigenvalue weighted by Crippen LogP contribution is -2.33. The van der Waals surface area contributed by atoms with Gasteiger partial charge in [-0.25, -0.2) is 10.4 Å². The molecule has 3 rings (SSSR count). The standard InChI is InChI=1S/C20H22N4O2/c1-13(2)26-24-19(25)17-7-5-6-8-18(17)22-20(24)23-21-12-16-10-9-14(3)11-15(16)4/h5-13H,1-4H3,(H,22,23). The third kappa shape index (κ3) is 3.74. The van der Waals surface area contributed by atoms with E-state index in [0.717, 1.165) is 15.9 Å². The molecule has 0 aliphatic carbocycles. The first-order valence-corrected chi connectivity index (χ1v) is 8.51. The number of nitrogens with one attached hydrogen (secondary N) is 1. The van der Waals surface area contributed by atoms with E-state index in [1.807, 2.05) is 45.9 Å². The third-order valence-electron chi connectivity index (χ3n) is 3.85. The van der Waals surface area contributed by atoms with Gasteiger partial charge in [-0.15, -0.1) is 4.73 Å². The van der Waals surface area contributed by atoms with Gasteiger partial charge in [-0.05, 0) is 51.0 Å². The Bertz CT molecular complexity index is 1020. The summed E-state index contributed by atoms with van der Waals surface area (Å²) in [6.45, 7) is 7.78. The Morgan fingerprint density at radius 2 is 1.96 bits per heavy atom. The number of hydrogen-bond acceptors (Lipinski definition) is 5. The minimum absolute atomic E-state index is 0.181. The van der Waals surface area contributed by atoms with Crippen LogP contribution in [-0.2, 0) is 0 Å². The van der Waals surface area contributed by atoms with E-state index >= 15 is 0 Å². The molecule has 1 aromatic heterocycles. The minimum Gasteiger partial charge on any atom is -0.405 e. The molecule has 0 aliphatic rings. The van der Waals surface area contributed by atoms with Gasteiger partial charge in [-0.3, -0.25) is 4.79 Å². The molecule has 0 saturated heterocycles. The number of benzene rings is 2. The van der Waals surface area contributed by atoms with Crippen LogP contribution in [0.2, 0.25) is 0 Å². The van der Waals surface area contributed by atoms with Crippen molar-refractivity contribution in [1.29, 1.82) is 0 Å². The molecule has 0 bridgehead atoms. The number of rotatable bonds is 5. The maximum absolute atomic E-state index is 12.7. The van der Waals surface area contributed by atoms with Crippen LogP contribution in [0.5, 0.6) is 0 Å². The van der Waals surface area contributed by atoms with Gasteiger partial charge in [0.25, 0.3) is 11.5 Å². The van der Waals surface area contributed by atoms with Crippen LogP contribution in [0.4, 0.5) is 5.95 Å². The summed E-state index contributed by atoms with van der Waals surface area (Å²) in [6, 6.07) is 13.3. The summed E-state index contributed by atoms with van der Waals surface area (Å²) >= 11 is 0. The van der Waals surface area contributed by atoms with E-state index in [-0.39, 0.29) is 17.6 Å². The predicted molar refractivity (Wildman–Crippen MR) is 105 cm³/mol. The predicted octanol–water partition coefficient (Wildman–Crippen LogP) is 3.30. The van der Waals surface area contributed by atoms with Crippen LogP contribution < -0.4 is 15.8 Å². The number of fused-ring (bicyclic) bond motifs is 1. The smallest absolute Gasteiger partial charge is 0.295 e. The Hall–Kier alpha value is -3.15. The van der Waals surface area contributed by atoms with Crippen molar-refractivity contribution >= 4 is 23.1 Å². The Kier molecular flexibility index (Phi) is 5.02. The van der Waals surface area contributed by atoms with Crippen molar-refractivity contribution in [3.63, 3.8) is 0 Å². The summed E-state index contributed by atoms with van der Waals surface area (Å²) in [7, 11) is 0. The molecular weight excluding hydrogens is 328 g/mol. The van der Waals surface area contributed by atoms with Crippen LogP contribution in [-0.4, -0.2) is 22.0 Å². The molecule has 0 fully saturated rings. The van der Waals surface area contributed by atoms with Crippen LogP contribution in [0.1, 0.15) is 30.5 Å². The molecule has 0 atom stereocenters. The zero-order chi connectivity index (χ0) is 18.7. The number of aryl methyl sites for hydroxylation is 2. The van der Waals surface area contributed by atoms with Gasteiger partial charge in [0.2, 0.25) is 0 Å². The molecule has 0 unspecified atom stereocenters. The van der Waals surface area contributed by atoms with Crippen molar-refractivity contribution < 1.29 is 4.84 Å². The quantitative estimate of drug-likeness (QED) is 0.566. The average molecular weight is 350 g/mol. The van der Waals surface area contributed by atoms with Crippen molar-refractivity contribution in [3.05, 3.63) is 69.5 Å². The van der Waals surface area contributed by atoms with E-state index in [2.05, 4.69) is 21.6 Å². The second-order valence-electron chi connectivity index (χ2n) is 6.44. The molecule has 26 heavy (non-hydrogen) atoms. The molecule has 1 heterocycles. The number of aromatic nitrogens is 2. The van der Waals surface area contributed by atoms with E-state index < -0.39 is 0 Å². The van der Waals surface area contributed by atoms with E-state index in [1.54, 1.807) is 24.4 Å². The number of hydrogen-bond donors (Lipinski definition) is 1. The van der Waals surface area contributed by atoms with Gasteiger partial charge in [-0.1, -0.05) is 35.9 Å². The fourth-order valence-electron chi connectivity index (χ4n) is 2.63. The topological polar surface area (TPSA) is 68.5 Å². The second kappa shape index (κ2) is 7.39. The minimum atomic E-state index is -0.270. The molecule has 0 saturated carbocycles. The first-order valence-electron chi connectivity index (χ1n) is 8.51. The Morgan fingerprint density at radius 3 is 2.69 bits per heavy atom. The van der Waals surface area contributed by atoms with Crippen molar-refractivity contribution in [2.24, 2.45) is 5.10 Å². The number of hydrazone groups is 1. The zero-order valence-electron chi connectivity index (χ0n) is 15.4. The lowest BCUT2D eigenvalue weighted by atomic mass is 10.1. The Morgan fingerprint density at radius 1 is 1.19 bits per heavy atom. The molecule has 0 amide bonds. The molecule has 6 nitrogen and oxygen atoms in total. The molecule has 2 aromatic carbocycles. The van der Waals surface area contributed by atoms with Gasteiger partial charge in [0.1, 0.15) is 6.10 Å². The zero-order valence-corrected chi connectivity index (χ0v) is 15.4. The second-order valence-corrected chi connectivity index (χ2v) is 6.44. The summed E-state index contributed by atoms with van der Waals surface area (Å²) < 4.78 is 1.16. The molecule has 0 aliphatic heterocycles. The van der Waals surface area contributed by atoms with E-state index in [1.165, 1.54) is 5.56 Å². The molecule has 134 valence electrons. The number of nitrogens with zero attached hydrogens (tertiary/aromatic N) is 3. The molecule has 0 spiro atoms. The molecule has 0 radical (unpaired) electrons. The third-order valence-corrected chi connectivity index (χ3v) is 3.85. The summed E-state index contributed by atoms with van der Waals surface area (Å²) in [4.78, 5) is 22.8. The van der Waals surface area contributed by atoms with Crippen LogP contribution >= 0.6 is 0 Å². The lowest BCUT2D eigenvalue weighted by Gasteiger charge is -2.15. The van der Waals surface area contributed by atoms with E-state index in [0.29, 0.717) is 10.9 Å². The summed E-state index contributed by atoms with van der Waals surface area (Å²) in [6.07, 6.45) is 1.52. The van der Waals surface area contributed by atoms with Gasteiger partial charge in [0.05, 0.1) is 17.1 Å². The van der Waals surface area contributed by atoms with Crippen molar-refractivity contribution in [1.82, 2.24) is 9.71 Å². The van der Waals surface area contributed by atoms with Gasteiger partial charge in [-0.2, -0.15) is 5.10 Å². The first kappa shape index (κ1) is 17.7. The Labute approximate surface area is 152 Å². The van der Waals surface area contributed by atoms with Crippen LogP contribution in [0.3, 0.4) is 0 Å². The van der Waals surface area contributed by atoms with Crippen molar-refractivity contribution in [2.45, 2.75) is 33.8 Å². The van der Waals surface area contributed by atoms with Gasteiger partial charge < -0.3 is 4.84 Å². The lowest BCUT2D eigenvalue weighted by molar-refractivity contribution is 0.0561. The monoisotopic (exact) mass is 350 g/mol. The molecule has 1 N–H and O–H groups in total. The highest BCUT2D eigenvalue weighted by atomic mass is 16.7. The number of para-hydroxylation sites is 1.